The Balaban J connectivity index is 1.70. The van der Waals surface area contributed by atoms with Crippen LogP contribution in [0.1, 0.15) is 11.1 Å². The fraction of sp³-hybridized carbons (Fsp3) is 0.118. The van der Waals surface area contributed by atoms with Crippen LogP contribution in [0.3, 0.4) is 0 Å². The topological polar surface area (TPSA) is 99.9 Å². The van der Waals surface area contributed by atoms with Crippen LogP contribution in [-0.2, 0) is 6.61 Å². The van der Waals surface area contributed by atoms with Crippen LogP contribution >= 0.6 is 0 Å². The van der Waals surface area contributed by atoms with Crippen molar-refractivity contribution in [3.63, 3.8) is 0 Å². The largest absolute Gasteiger partial charge is 0.489 e. The highest BCUT2D eigenvalue weighted by atomic mass is 16.5. The van der Waals surface area contributed by atoms with Gasteiger partial charge in [0, 0.05) is 5.56 Å². The summed E-state index contributed by atoms with van der Waals surface area (Å²) < 4.78 is 5.77. The van der Waals surface area contributed by atoms with E-state index in [9.17, 15) is 0 Å². The molecule has 0 fully saturated rings. The van der Waals surface area contributed by atoms with Crippen LogP contribution in [-0.4, -0.2) is 15.0 Å². The number of anilines is 2. The first kappa shape index (κ1) is 14.8. The van der Waals surface area contributed by atoms with Crippen molar-refractivity contribution < 1.29 is 4.74 Å². The van der Waals surface area contributed by atoms with E-state index in [1.54, 1.807) is 0 Å². The highest BCUT2D eigenvalue weighted by Gasteiger charge is 2.05. The van der Waals surface area contributed by atoms with Crippen LogP contribution in [0, 0.1) is 6.92 Å². The molecule has 0 atom stereocenters. The summed E-state index contributed by atoms with van der Waals surface area (Å²) >= 11 is 0. The molecule has 23 heavy (non-hydrogen) atoms. The summed E-state index contributed by atoms with van der Waals surface area (Å²) in [5.41, 5.74) is 14.3. The molecule has 0 spiro atoms. The molecule has 0 saturated heterocycles. The lowest BCUT2D eigenvalue weighted by Crippen LogP contribution is -2.04. The molecule has 0 unspecified atom stereocenters. The van der Waals surface area contributed by atoms with E-state index in [0.717, 1.165) is 16.9 Å². The zero-order valence-corrected chi connectivity index (χ0v) is 12.7. The maximum absolute atomic E-state index is 5.77. The third-order valence-electron chi connectivity index (χ3n) is 3.31. The van der Waals surface area contributed by atoms with E-state index in [0.29, 0.717) is 12.4 Å². The standard InChI is InChI=1S/C17H17N5O/c1-11-2-4-12(5-3-11)10-23-14-8-6-13(7-9-14)15-20-16(18)22-17(19)21-15/h2-9H,10H2,1H3,(H4,18,19,20,21,22). The number of nitrogens with zero attached hydrogens (tertiary/aromatic N) is 3. The summed E-state index contributed by atoms with van der Waals surface area (Å²) in [6.45, 7) is 2.58. The second kappa shape index (κ2) is 6.31. The van der Waals surface area contributed by atoms with Gasteiger partial charge in [-0.3, -0.25) is 0 Å². The van der Waals surface area contributed by atoms with Gasteiger partial charge < -0.3 is 16.2 Å². The molecule has 1 heterocycles. The number of aromatic nitrogens is 3. The van der Waals surface area contributed by atoms with Crippen LogP contribution in [0.2, 0.25) is 0 Å². The molecule has 0 saturated carbocycles. The van der Waals surface area contributed by atoms with E-state index >= 15 is 0 Å². The minimum atomic E-state index is 0.104. The van der Waals surface area contributed by atoms with Crippen LogP contribution in [0.25, 0.3) is 11.4 Å². The number of nitrogen functional groups attached to an aromatic ring is 2. The SMILES string of the molecule is Cc1ccc(COc2ccc(-c3nc(N)nc(N)n3)cc2)cc1. The summed E-state index contributed by atoms with van der Waals surface area (Å²) in [6, 6.07) is 15.7. The van der Waals surface area contributed by atoms with Crippen LogP contribution in [0.5, 0.6) is 5.75 Å². The van der Waals surface area contributed by atoms with Gasteiger partial charge in [-0.05, 0) is 36.8 Å². The Bertz CT molecular complexity index is 780. The minimum absolute atomic E-state index is 0.104. The zero-order valence-electron chi connectivity index (χ0n) is 12.7. The van der Waals surface area contributed by atoms with Crippen molar-refractivity contribution in [2.45, 2.75) is 13.5 Å². The average Bonchev–Trinajstić information content (AvgIpc) is 2.54. The maximum Gasteiger partial charge on any atom is 0.225 e. The van der Waals surface area contributed by atoms with Gasteiger partial charge in [-0.2, -0.15) is 15.0 Å². The minimum Gasteiger partial charge on any atom is -0.489 e. The van der Waals surface area contributed by atoms with Gasteiger partial charge in [0.25, 0.3) is 0 Å². The highest BCUT2D eigenvalue weighted by molar-refractivity contribution is 5.58. The first-order valence-corrected chi connectivity index (χ1v) is 7.16. The first-order chi connectivity index (χ1) is 11.1. The monoisotopic (exact) mass is 307 g/mol. The molecule has 6 nitrogen and oxygen atoms in total. The van der Waals surface area contributed by atoms with E-state index in [2.05, 4.69) is 46.1 Å². The summed E-state index contributed by atoms with van der Waals surface area (Å²) in [4.78, 5) is 11.9. The highest BCUT2D eigenvalue weighted by Crippen LogP contribution is 2.21. The smallest absolute Gasteiger partial charge is 0.225 e. The Labute approximate surface area is 134 Å². The Morgan fingerprint density at radius 1 is 0.826 bits per heavy atom. The summed E-state index contributed by atoms with van der Waals surface area (Å²) in [6.07, 6.45) is 0. The van der Waals surface area contributed by atoms with Crippen molar-refractivity contribution in [1.29, 1.82) is 0 Å². The van der Waals surface area contributed by atoms with Crippen LogP contribution in [0.4, 0.5) is 11.9 Å². The molecule has 0 aliphatic carbocycles. The van der Waals surface area contributed by atoms with Gasteiger partial charge in [0.2, 0.25) is 11.9 Å². The second-order valence-electron chi connectivity index (χ2n) is 5.17. The average molecular weight is 307 g/mol. The Morgan fingerprint density at radius 2 is 1.43 bits per heavy atom. The van der Waals surface area contributed by atoms with Gasteiger partial charge in [-0.25, -0.2) is 0 Å². The molecule has 4 N–H and O–H groups in total. The van der Waals surface area contributed by atoms with Crippen molar-refractivity contribution in [2.75, 3.05) is 11.5 Å². The van der Waals surface area contributed by atoms with Gasteiger partial charge in [-0.1, -0.05) is 29.8 Å². The van der Waals surface area contributed by atoms with E-state index in [1.165, 1.54) is 5.56 Å². The Kier molecular flexibility index (Phi) is 4.05. The zero-order chi connectivity index (χ0) is 16.2. The molecule has 0 amide bonds. The molecular weight excluding hydrogens is 290 g/mol. The summed E-state index contributed by atoms with van der Waals surface area (Å²) in [7, 11) is 0. The molecular formula is C17H17N5O. The molecule has 0 aliphatic heterocycles. The normalized spacial score (nSPS) is 10.5. The lowest BCUT2D eigenvalue weighted by Gasteiger charge is -2.08. The van der Waals surface area contributed by atoms with Gasteiger partial charge in [0.1, 0.15) is 12.4 Å². The van der Waals surface area contributed by atoms with Gasteiger partial charge in [0.05, 0.1) is 0 Å². The molecule has 3 rings (SSSR count). The third kappa shape index (κ3) is 3.74. The predicted octanol–water partition coefficient (Wildman–Crippen LogP) is 2.59. The van der Waals surface area contributed by atoms with Gasteiger partial charge >= 0.3 is 0 Å². The van der Waals surface area contributed by atoms with E-state index < -0.39 is 0 Å². The lowest BCUT2D eigenvalue weighted by molar-refractivity contribution is 0.306. The fourth-order valence-electron chi connectivity index (χ4n) is 2.09. The third-order valence-corrected chi connectivity index (χ3v) is 3.31. The van der Waals surface area contributed by atoms with Crippen LogP contribution < -0.4 is 16.2 Å². The summed E-state index contributed by atoms with van der Waals surface area (Å²) in [5.74, 6) is 1.42. The molecule has 1 aromatic heterocycles. The molecule has 0 radical (unpaired) electrons. The van der Waals surface area contributed by atoms with E-state index in [1.807, 2.05) is 24.3 Å². The lowest BCUT2D eigenvalue weighted by atomic mass is 10.2. The molecule has 6 heteroatoms. The van der Waals surface area contributed by atoms with Crippen LogP contribution in [0.15, 0.2) is 48.5 Å². The summed E-state index contributed by atoms with van der Waals surface area (Å²) in [5, 5.41) is 0. The second-order valence-corrected chi connectivity index (χ2v) is 5.17. The number of hydrogen-bond donors (Lipinski definition) is 2. The molecule has 116 valence electrons. The number of aryl methyl sites for hydroxylation is 1. The van der Waals surface area contributed by atoms with Crippen molar-refractivity contribution in [3.05, 3.63) is 59.7 Å². The Morgan fingerprint density at radius 3 is 2.04 bits per heavy atom. The maximum atomic E-state index is 5.77. The van der Waals surface area contributed by atoms with E-state index in [4.69, 9.17) is 16.2 Å². The molecule has 3 aromatic rings. The number of ether oxygens (including phenoxy) is 1. The predicted molar refractivity (Wildman–Crippen MR) is 89.6 cm³/mol. The quantitative estimate of drug-likeness (QED) is 0.768. The van der Waals surface area contributed by atoms with Crippen molar-refractivity contribution >= 4 is 11.9 Å². The van der Waals surface area contributed by atoms with Gasteiger partial charge in [0.15, 0.2) is 5.82 Å². The number of hydrogen-bond acceptors (Lipinski definition) is 6. The van der Waals surface area contributed by atoms with Crippen molar-refractivity contribution in [3.8, 4) is 17.1 Å². The Hall–Kier alpha value is -3.15. The number of benzene rings is 2. The number of rotatable bonds is 4. The van der Waals surface area contributed by atoms with Gasteiger partial charge in [-0.15, -0.1) is 0 Å². The number of nitrogens with two attached hydrogens (primary N) is 2. The first-order valence-electron chi connectivity index (χ1n) is 7.16. The fourth-order valence-corrected chi connectivity index (χ4v) is 2.09. The molecule has 2 aromatic carbocycles. The van der Waals surface area contributed by atoms with Crippen molar-refractivity contribution in [1.82, 2.24) is 15.0 Å². The molecule has 0 bridgehead atoms. The van der Waals surface area contributed by atoms with Crippen molar-refractivity contribution in [2.24, 2.45) is 0 Å². The molecule has 0 aliphatic rings. The van der Waals surface area contributed by atoms with E-state index in [-0.39, 0.29) is 11.9 Å².